The third kappa shape index (κ3) is 3.11. The molecule has 2 aromatic carbocycles. The van der Waals surface area contributed by atoms with Gasteiger partial charge >= 0.3 is 0 Å². The molecule has 0 aliphatic carbocycles. The van der Waals surface area contributed by atoms with Crippen LogP contribution < -0.4 is 0 Å². The van der Waals surface area contributed by atoms with Gasteiger partial charge in [-0.2, -0.15) is 0 Å². The van der Waals surface area contributed by atoms with Gasteiger partial charge in [-0.15, -0.1) is 11.3 Å². The van der Waals surface area contributed by atoms with Gasteiger partial charge in [0.25, 0.3) is 0 Å². The number of thioether (sulfide) groups is 1. The summed E-state index contributed by atoms with van der Waals surface area (Å²) in [5, 5.41) is 2.40. The minimum Gasteiger partial charge on any atom is -0.235 e. The lowest BCUT2D eigenvalue weighted by Crippen LogP contribution is -1.96. The molecular formula is C17H15NS2. The van der Waals surface area contributed by atoms with Gasteiger partial charge in [-0.25, -0.2) is 4.98 Å². The van der Waals surface area contributed by atoms with Crippen LogP contribution in [0, 0.1) is 6.92 Å². The summed E-state index contributed by atoms with van der Waals surface area (Å²) in [5.74, 6) is 0. The van der Waals surface area contributed by atoms with Crippen LogP contribution in [-0.4, -0.2) is 4.98 Å². The minimum atomic E-state index is 0.294. The highest BCUT2D eigenvalue weighted by atomic mass is 32.2. The summed E-state index contributed by atoms with van der Waals surface area (Å²) in [5.41, 5.74) is 3.73. The normalized spacial score (nSPS) is 10.9. The van der Waals surface area contributed by atoms with Crippen molar-refractivity contribution >= 4 is 23.1 Å². The Hall–Kier alpha value is -1.58. The lowest BCUT2D eigenvalue weighted by atomic mass is 10.0. The first kappa shape index (κ1) is 13.4. The van der Waals surface area contributed by atoms with Gasteiger partial charge in [-0.3, -0.25) is 0 Å². The van der Waals surface area contributed by atoms with Gasteiger partial charge in [-0.05, 0) is 18.1 Å². The van der Waals surface area contributed by atoms with Crippen LogP contribution in [0.4, 0.5) is 0 Å². The molecule has 0 amide bonds. The molecule has 0 N–H and O–H groups in total. The lowest BCUT2D eigenvalue weighted by Gasteiger charge is -2.16. The fraction of sp³-hybridized carbons (Fsp3) is 0.118. The molecule has 0 aliphatic heterocycles. The van der Waals surface area contributed by atoms with Gasteiger partial charge in [0.15, 0.2) is 4.34 Å². The van der Waals surface area contributed by atoms with E-state index < -0.39 is 0 Å². The Morgan fingerprint density at radius 3 is 1.90 bits per heavy atom. The molecular weight excluding hydrogens is 282 g/mol. The topological polar surface area (TPSA) is 12.9 Å². The van der Waals surface area contributed by atoms with E-state index >= 15 is 0 Å². The zero-order valence-electron chi connectivity index (χ0n) is 11.2. The average molecular weight is 297 g/mol. The number of thiazole rings is 1. The van der Waals surface area contributed by atoms with Gasteiger partial charge < -0.3 is 0 Å². The number of aromatic nitrogens is 1. The first-order chi connectivity index (χ1) is 9.83. The molecule has 0 radical (unpaired) electrons. The Balaban J connectivity index is 1.96. The van der Waals surface area contributed by atoms with Gasteiger partial charge in [0, 0.05) is 11.1 Å². The van der Waals surface area contributed by atoms with Crippen molar-refractivity contribution < 1.29 is 0 Å². The molecule has 3 rings (SSSR count). The van der Waals surface area contributed by atoms with Gasteiger partial charge in [0.2, 0.25) is 0 Å². The highest BCUT2D eigenvalue weighted by molar-refractivity contribution is 8.01. The molecule has 100 valence electrons. The van der Waals surface area contributed by atoms with Crippen molar-refractivity contribution in [3.63, 3.8) is 0 Å². The van der Waals surface area contributed by atoms with E-state index in [4.69, 9.17) is 0 Å². The number of rotatable bonds is 4. The molecule has 0 bridgehead atoms. The Kier molecular flexibility index (Phi) is 4.19. The second-order valence-corrected chi connectivity index (χ2v) is 6.78. The molecule has 1 aromatic heterocycles. The van der Waals surface area contributed by atoms with Crippen molar-refractivity contribution in [2.75, 3.05) is 0 Å². The average Bonchev–Trinajstić information content (AvgIpc) is 2.92. The molecule has 3 aromatic rings. The molecule has 0 saturated carbocycles. The van der Waals surface area contributed by atoms with E-state index in [9.17, 15) is 0 Å². The Morgan fingerprint density at radius 1 is 0.900 bits per heavy atom. The quantitative estimate of drug-likeness (QED) is 0.603. The fourth-order valence-electron chi connectivity index (χ4n) is 2.07. The molecule has 0 unspecified atom stereocenters. The first-order valence-electron chi connectivity index (χ1n) is 6.51. The third-order valence-corrected chi connectivity index (χ3v) is 5.42. The summed E-state index contributed by atoms with van der Waals surface area (Å²) in [6, 6.07) is 21.2. The summed E-state index contributed by atoms with van der Waals surface area (Å²) in [6.45, 7) is 2.04. The Labute approximate surface area is 127 Å². The molecule has 20 heavy (non-hydrogen) atoms. The van der Waals surface area contributed by atoms with E-state index in [2.05, 4.69) is 71.0 Å². The van der Waals surface area contributed by atoms with E-state index in [0.717, 1.165) is 10.0 Å². The van der Waals surface area contributed by atoms with E-state index in [1.54, 1.807) is 11.3 Å². The maximum Gasteiger partial charge on any atom is 0.151 e. The third-order valence-electron chi connectivity index (χ3n) is 3.02. The van der Waals surface area contributed by atoms with Crippen LogP contribution in [0.25, 0.3) is 0 Å². The summed E-state index contributed by atoms with van der Waals surface area (Å²) in [6.07, 6.45) is 0. The Bertz CT molecular complexity index is 622. The predicted octanol–water partition coefficient (Wildman–Crippen LogP) is 5.33. The largest absolute Gasteiger partial charge is 0.235 e. The van der Waals surface area contributed by atoms with Crippen LogP contribution in [0.1, 0.15) is 22.1 Å². The van der Waals surface area contributed by atoms with Gasteiger partial charge in [0.1, 0.15) is 0 Å². The van der Waals surface area contributed by atoms with Gasteiger partial charge in [0.05, 0.1) is 5.25 Å². The van der Waals surface area contributed by atoms with E-state index in [1.165, 1.54) is 11.1 Å². The molecule has 1 heterocycles. The number of hydrogen-bond donors (Lipinski definition) is 0. The second-order valence-electron chi connectivity index (χ2n) is 4.57. The van der Waals surface area contributed by atoms with Crippen LogP contribution in [0.3, 0.4) is 0 Å². The number of nitrogens with zero attached hydrogens (tertiary/aromatic N) is 1. The van der Waals surface area contributed by atoms with Crippen molar-refractivity contribution in [2.24, 2.45) is 0 Å². The van der Waals surface area contributed by atoms with E-state index in [1.807, 2.05) is 18.7 Å². The predicted molar refractivity (Wildman–Crippen MR) is 87.4 cm³/mol. The summed E-state index contributed by atoms with van der Waals surface area (Å²) < 4.78 is 1.13. The Morgan fingerprint density at radius 2 is 1.45 bits per heavy atom. The molecule has 0 saturated heterocycles. The highest BCUT2D eigenvalue weighted by Crippen LogP contribution is 2.41. The molecule has 1 nitrogen and oxygen atoms in total. The zero-order valence-corrected chi connectivity index (χ0v) is 12.8. The summed E-state index contributed by atoms with van der Waals surface area (Å²) in [7, 11) is 0. The first-order valence-corrected chi connectivity index (χ1v) is 8.27. The van der Waals surface area contributed by atoms with Crippen molar-refractivity contribution in [1.82, 2.24) is 4.98 Å². The van der Waals surface area contributed by atoms with Crippen molar-refractivity contribution in [3.05, 3.63) is 82.9 Å². The fourth-order valence-corrected chi connectivity index (χ4v) is 4.23. The number of aryl methyl sites for hydroxylation is 1. The van der Waals surface area contributed by atoms with Crippen molar-refractivity contribution in [3.8, 4) is 0 Å². The summed E-state index contributed by atoms with van der Waals surface area (Å²) >= 11 is 3.54. The van der Waals surface area contributed by atoms with Crippen LogP contribution in [0.2, 0.25) is 0 Å². The highest BCUT2D eigenvalue weighted by Gasteiger charge is 2.16. The molecule has 0 spiro atoms. The minimum absolute atomic E-state index is 0.294. The molecule has 0 atom stereocenters. The lowest BCUT2D eigenvalue weighted by molar-refractivity contribution is 1.12. The van der Waals surface area contributed by atoms with E-state index in [0.29, 0.717) is 5.25 Å². The van der Waals surface area contributed by atoms with Gasteiger partial charge in [-0.1, -0.05) is 72.4 Å². The maximum absolute atomic E-state index is 4.58. The molecule has 0 fully saturated rings. The van der Waals surface area contributed by atoms with Crippen molar-refractivity contribution in [2.45, 2.75) is 16.5 Å². The second kappa shape index (κ2) is 6.25. The van der Waals surface area contributed by atoms with Crippen LogP contribution in [0.5, 0.6) is 0 Å². The monoisotopic (exact) mass is 297 g/mol. The number of hydrogen-bond acceptors (Lipinski definition) is 3. The zero-order chi connectivity index (χ0) is 13.8. The van der Waals surface area contributed by atoms with Crippen LogP contribution >= 0.6 is 23.1 Å². The van der Waals surface area contributed by atoms with Crippen LogP contribution in [0.15, 0.2) is 70.4 Å². The molecule has 3 heteroatoms. The molecule has 0 aliphatic rings. The van der Waals surface area contributed by atoms with Crippen LogP contribution in [-0.2, 0) is 0 Å². The smallest absolute Gasteiger partial charge is 0.151 e. The van der Waals surface area contributed by atoms with Crippen molar-refractivity contribution in [1.29, 1.82) is 0 Å². The summed E-state index contributed by atoms with van der Waals surface area (Å²) in [4.78, 5) is 4.58. The van der Waals surface area contributed by atoms with E-state index in [-0.39, 0.29) is 0 Å². The maximum atomic E-state index is 4.58. The number of benzene rings is 2. The standard InChI is InChI=1S/C17H15NS2/c1-13-12-19-17(18-13)20-16(14-8-4-2-5-9-14)15-10-6-3-7-11-15/h2-12,16H,1H3. The SMILES string of the molecule is Cc1csc(SC(c2ccccc2)c2ccccc2)n1.